The third-order valence-electron chi connectivity index (χ3n) is 2.82. The highest BCUT2D eigenvalue weighted by Crippen LogP contribution is 2.35. The number of halogens is 1. The first-order valence-corrected chi connectivity index (χ1v) is 5.56. The highest BCUT2D eigenvalue weighted by Gasteiger charge is 2.36. The molecule has 2 rings (SSSR count). The van der Waals surface area contributed by atoms with E-state index in [0.717, 1.165) is 17.0 Å². The van der Waals surface area contributed by atoms with Crippen LogP contribution < -0.4 is 0 Å². The van der Waals surface area contributed by atoms with Gasteiger partial charge >= 0.3 is 0 Å². The van der Waals surface area contributed by atoms with Gasteiger partial charge in [-0.1, -0.05) is 30.7 Å². The molecule has 1 saturated heterocycles. The van der Waals surface area contributed by atoms with Crippen LogP contribution in [0.4, 0.5) is 0 Å². The summed E-state index contributed by atoms with van der Waals surface area (Å²) in [7, 11) is 0. The fourth-order valence-electron chi connectivity index (χ4n) is 1.55. The second-order valence-corrected chi connectivity index (χ2v) is 4.55. The summed E-state index contributed by atoms with van der Waals surface area (Å²) >= 11 is 5.82. The van der Waals surface area contributed by atoms with Crippen molar-refractivity contribution in [3.8, 4) is 0 Å². The lowest BCUT2D eigenvalue weighted by molar-refractivity contribution is -0.0874. The molecule has 2 nitrogen and oxygen atoms in total. The quantitative estimate of drug-likeness (QED) is 0.768. The van der Waals surface area contributed by atoms with Crippen LogP contribution in [0.2, 0.25) is 5.02 Å². The van der Waals surface area contributed by atoms with Crippen LogP contribution in [0.3, 0.4) is 0 Å². The van der Waals surface area contributed by atoms with E-state index in [1.165, 1.54) is 0 Å². The predicted octanol–water partition coefficient (Wildman–Crippen LogP) is 3.55. The summed E-state index contributed by atoms with van der Waals surface area (Å²) in [6.07, 6.45) is 0.712. The Labute approximate surface area is 95.1 Å². The van der Waals surface area contributed by atoms with E-state index in [9.17, 15) is 0 Å². The fraction of sp³-hybridized carbons (Fsp3) is 0.500. The van der Waals surface area contributed by atoms with Gasteiger partial charge in [-0.2, -0.15) is 0 Å². The average Bonchev–Trinajstić information content (AvgIpc) is 2.63. The van der Waals surface area contributed by atoms with Crippen LogP contribution in [0.1, 0.15) is 32.1 Å². The van der Waals surface area contributed by atoms with Crippen LogP contribution in [0, 0.1) is 0 Å². The summed E-state index contributed by atoms with van der Waals surface area (Å²) in [4.78, 5) is 0. The smallest absolute Gasteiger partial charge is 0.184 e. The maximum atomic E-state index is 5.86. The first-order valence-electron chi connectivity index (χ1n) is 5.18. The Morgan fingerprint density at radius 1 is 1.40 bits per heavy atom. The van der Waals surface area contributed by atoms with E-state index >= 15 is 0 Å². The third-order valence-corrected chi connectivity index (χ3v) is 3.07. The molecule has 2 atom stereocenters. The molecule has 1 fully saturated rings. The van der Waals surface area contributed by atoms with Gasteiger partial charge in [0.2, 0.25) is 0 Å². The monoisotopic (exact) mass is 226 g/mol. The van der Waals surface area contributed by atoms with E-state index in [2.05, 4.69) is 13.8 Å². The minimum atomic E-state index is -0.243. The van der Waals surface area contributed by atoms with E-state index in [4.69, 9.17) is 21.1 Å². The van der Waals surface area contributed by atoms with Crippen molar-refractivity contribution in [1.29, 1.82) is 0 Å². The lowest BCUT2D eigenvalue weighted by Gasteiger charge is -2.19. The van der Waals surface area contributed by atoms with E-state index in [1.807, 2.05) is 24.3 Å². The van der Waals surface area contributed by atoms with E-state index in [-0.39, 0.29) is 11.9 Å². The van der Waals surface area contributed by atoms with E-state index in [0.29, 0.717) is 6.61 Å². The second kappa shape index (κ2) is 4.12. The van der Waals surface area contributed by atoms with E-state index < -0.39 is 0 Å². The molecule has 0 N–H and O–H groups in total. The standard InChI is InChI=1S/C12H15ClO2/c1-3-12(2)8-14-11(15-12)9-4-6-10(13)7-5-9/h4-7,11H,3,8H2,1-2H3. The summed E-state index contributed by atoms with van der Waals surface area (Å²) in [5, 5.41) is 0.731. The van der Waals surface area contributed by atoms with Gasteiger partial charge in [-0.05, 0) is 25.5 Å². The fourth-order valence-corrected chi connectivity index (χ4v) is 1.67. The van der Waals surface area contributed by atoms with Crippen molar-refractivity contribution in [3.05, 3.63) is 34.9 Å². The van der Waals surface area contributed by atoms with Gasteiger partial charge in [0.05, 0.1) is 12.2 Å². The summed E-state index contributed by atoms with van der Waals surface area (Å²) in [6, 6.07) is 7.58. The van der Waals surface area contributed by atoms with Crippen molar-refractivity contribution in [2.75, 3.05) is 6.61 Å². The molecular formula is C12H15ClO2. The zero-order valence-electron chi connectivity index (χ0n) is 9.00. The highest BCUT2D eigenvalue weighted by atomic mass is 35.5. The molecule has 15 heavy (non-hydrogen) atoms. The number of rotatable bonds is 2. The van der Waals surface area contributed by atoms with Crippen LogP contribution in [-0.4, -0.2) is 12.2 Å². The first kappa shape index (κ1) is 10.9. The molecule has 82 valence electrons. The maximum Gasteiger partial charge on any atom is 0.184 e. The molecule has 0 bridgehead atoms. The molecule has 3 heteroatoms. The summed E-state index contributed by atoms with van der Waals surface area (Å²) in [5.74, 6) is 0. The van der Waals surface area contributed by atoms with Crippen molar-refractivity contribution in [3.63, 3.8) is 0 Å². The molecule has 2 unspecified atom stereocenters. The second-order valence-electron chi connectivity index (χ2n) is 4.12. The number of benzene rings is 1. The molecule has 1 aliphatic rings. The average molecular weight is 227 g/mol. The van der Waals surface area contributed by atoms with Crippen LogP contribution in [-0.2, 0) is 9.47 Å². The third kappa shape index (κ3) is 2.33. The minimum Gasteiger partial charge on any atom is -0.345 e. The van der Waals surface area contributed by atoms with Crippen molar-refractivity contribution in [1.82, 2.24) is 0 Å². The van der Waals surface area contributed by atoms with E-state index in [1.54, 1.807) is 0 Å². The van der Waals surface area contributed by atoms with Crippen molar-refractivity contribution in [2.45, 2.75) is 32.2 Å². The van der Waals surface area contributed by atoms with Crippen LogP contribution in [0.15, 0.2) is 24.3 Å². The molecule has 1 aromatic rings. The maximum absolute atomic E-state index is 5.86. The number of hydrogen-bond donors (Lipinski definition) is 0. The molecule has 0 spiro atoms. The number of ether oxygens (including phenoxy) is 2. The van der Waals surface area contributed by atoms with Gasteiger partial charge in [-0.3, -0.25) is 0 Å². The van der Waals surface area contributed by atoms with Gasteiger partial charge in [0.15, 0.2) is 6.29 Å². The Morgan fingerprint density at radius 3 is 2.60 bits per heavy atom. The Morgan fingerprint density at radius 2 is 2.07 bits per heavy atom. The number of hydrogen-bond acceptors (Lipinski definition) is 2. The Kier molecular flexibility index (Phi) is 3.01. The molecule has 1 aliphatic heterocycles. The summed E-state index contributed by atoms with van der Waals surface area (Å²) in [5.41, 5.74) is 0.876. The Bertz CT molecular complexity index is 336. The van der Waals surface area contributed by atoms with Crippen LogP contribution in [0.5, 0.6) is 0 Å². The molecule has 0 radical (unpaired) electrons. The lowest BCUT2D eigenvalue weighted by Crippen LogP contribution is -2.25. The topological polar surface area (TPSA) is 18.5 Å². The molecule has 0 aliphatic carbocycles. The van der Waals surface area contributed by atoms with Crippen molar-refractivity contribution >= 4 is 11.6 Å². The predicted molar refractivity (Wildman–Crippen MR) is 59.9 cm³/mol. The SMILES string of the molecule is CCC1(C)COC(c2ccc(Cl)cc2)O1. The summed E-state index contributed by atoms with van der Waals surface area (Å²) < 4.78 is 11.5. The largest absolute Gasteiger partial charge is 0.345 e. The lowest BCUT2D eigenvalue weighted by atomic mass is 10.1. The van der Waals surface area contributed by atoms with Gasteiger partial charge in [-0.25, -0.2) is 0 Å². The zero-order chi connectivity index (χ0) is 10.9. The molecule has 0 amide bonds. The molecule has 0 aromatic heterocycles. The zero-order valence-corrected chi connectivity index (χ0v) is 9.75. The molecule has 1 heterocycles. The van der Waals surface area contributed by atoms with Crippen LogP contribution in [0.25, 0.3) is 0 Å². The minimum absolute atomic E-state index is 0.149. The van der Waals surface area contributed by atoms with Crippen molar-refractivity contribution in [2.24, 2.45) is 0 Å². The van der Waals surface area contributed by atoms with Crippen LogP contribution >= 0.6 is 11.6 Å². The van der Waals surface area contributed by atoms with Gasteiger partial charge in [0.25, 0.3) is 0 Å². The van der Waals surface area contributed by atoms with Gasteiger partial charge < -0.3 is 9.47 Å². The van der Waals surface area contributed by atoms with Gasteiger partial charge in [0.1, 0.15) is 0 Å². The summed E-state index contributed by atoms with van der Waals surface area (Å²) in [6.45, 7) is 4.83. The molecular weight excluding hydrogens is 212 g/mol. The Hall–Kier alpha value is -0.570. The normalized spacial score (nSPS) is 30.7. The first-order chi connectivity index (χ1) is 7.13. The van der Waals surface area contributed by atoms with Gasteiger partial charge in [-0.15, -0.1) is 0 Å². The highest BCUT2D eigenvalue weighted by molar-refractivity contribution is 6.30. The Balaban J connectivity index is 2.11. The molecule has 1 aromatic carbocycles. The van der Waals surface area contributed by atoms with Gasteiger partial charge in [0, 0.05) is 10.6 Å². The molecule has 0 saturated carbocycles. The van der Waals surface area contributed by atoms with Crippen molar-refractivity contribution < 1.29 is 9.47 Å².